The van der Waals surface area contributed by atoms with Crippen LogP contribution < -0.4 is 10.1 Å². The van der Waals surface area contributed by atoms with Crippen molar-refractivity contribution in [1.82, 2.24) is 5.32 Å². The summed E-state index contributed by atoms with van der Waals surface area (Å²) in [5.74, 6) is -0.158. The van der Waals surface area contributed by atoms with Crippen molar-refractivity contribution in [2.24, 2.45) is 0 Å². The van der Waals surface area contributed by atoms with Crippen molar-refractivity contribution < 1.29 is 19.4 Å². The lowest BCUT2D eigenvalue weighted by atomic mass is 9.87. The Morgan fingerprint density at radius 3 is 2.50 bits per heavy atom. The maximum atomic E-state index is 12.8. The van der Waals surface area contributed by atoms with Crippen molar-refractivity contribution in [2.45, 2.75) is 38.6 Å². The van der Waals surface area contributed by atoms with Crippen LogP contribution in [0.5, 0.6) is 5.75 Å². The summed E-state index contributed by atoms with van der Waals surface area (Å²) in [6.07, 6.45) is 4.62. The molecule has 5 heteroatoms. The van der Waals surface area contributed by atoms with Gasteiger partial charge in [0.25, 0.3) is 0 Å². The number of amides is 1. The van der Waals surface area contributed by atoms with E-state index in [1.807, 2.05) is 18.2 Å². The number of allylic oxidation sites excluding steroid dienone is 1. The van der Waals surface area contributed by atoms with Crippen LogP contribution in [0, 0.1) is 0 Å². The summed E-state index contributed by atoms with van der Waals surface area (Å²) in [6, 6.07) is 14.5. The fourth-order valence-electron chi connectivity index (χ4n) is 3.52. The molecule has 5 nitrogen and oxygen atoms in total. The highest BCUT2D eigenvalue weighted by atomic mass is 16.5. The van der Waals surface area contributed by atoms with Crippen LogP contribution in [0.2, 0.25) is 0 Å². The summed E-state index contributed by atoms with van der Waals surface area (Å²) in [5, 5.41) is 12.0. The molecule has 0 aromatic heterocycles. The second-order valence-corrected chi connectivity index (χ2v) is 7.00. The molecule has 1 amide bonds. The molecule has 0 saturated carbocycles. The van der Waals surface area contributed by atoms with Crippen LogP contribution in [0.15, 0.2) is 59.7 Å². The summed E-state index contributed by atoms with van der Waals surface area (Å²) in [5.41, 5.74) is 4.34. The van der Waals surface area contributed by atoms with Gasteiger partial charge in [0.15, 0.2) is 0 Å². The van der Waals surface area contributed by atoms with Crippen LogP contribution in [0.25, 0.3) is 0 Å². The van der Waals surface area contributed by atoms with Gasteiger partial charge in [0.05, 0.1) is 12.7 Å². The highest BCUT2D eigenvalue weighted by Gasteiger charge is 2.19. The molecule has 0 radical (unpaired) electrons. The summed E-state index contributed by atoms with van der Waals surface area (Å²) in [6.45, 7) is 0.384. The Balaban J connectivity index is 1.69. The van der Waals surface area contributed by atoms with E-state index in [9.17, 15) is 9.59 Å². The molecule has 0 unspecified atom stereocenters. The summed E-state index contributed by atoms with van der Waals surface area (Å²) < 4.78 is 5.30. The first-order chi connectivity index (χ1) is 13.6. The minimum atomic E-state index is -0.954. The smallest absolute Gasteiger partial charge is 0.335 e. The van der Waals surface area contributed by atoms with Crippen LogP contribution in [-0.2, 0) is 17.8 Å². The Labute approximate surface area is 165 Å². The number of rotatable bonds is 7. The molecule has 3 rings (SSSR count). The third-order valence-electron chi connectivity index (χ3n) is 5.06. The Bertz CT molecular complexity index is 884. The molecule has 2 aromatic rings. The van der Waals surface area contributed by atoms with Gasteiger partial charge in [0.2, 0.25) is 5.91 Å². The molecular weight excluding hydrogens is 354 g/mol. The van der Waals surface area contributed by atoms with Gasteiger partial charge in [0.1, 0.15) is 5.75 Å². The average molecular weight is 379 g/mol. The molecule has 2 N–H and O–H groups in total. The van der Waals surface area contributed by atoms with Gasteiger partial charge in [-0.05, 0) is 67.5 Å². The molecule has 2 aromatic carbocycles. The van der Waals surface area contributed by atoms with E-state index in [-0.39, 0.29) is 11.5 Å². The molecule has 0 spiro atoms. The van der Waals surface area contributed by atoms with E-state index in [0.29, 0.717) is 6.54 Å². The molecular formula is C23H25NO4. The Morgan fingerprint density at radius 2 is 1.79 bits per heavy atom. The van der Waals surface area contributed by atoms with E-state index in [1.54, 1.807) is 31.4 Å². The molecule has 0 heterocycles. The number of benzene rings is 2. The van der Waals surface area contributed by atoms with Gasteiger partial charge >= 0.3 is 5.97 Å². The van der Waals surface area contributed by atoms with Crippen molar-refractivity contribution in [3.05, 3.63) is 76.4 Å². The normalized spacial score (nSPS) is 13.9. The number of carboxylic acids is 1. The van der Waals surface area contributed by atoms with Crippen molar-refractivity contribution in [3.63, 3.8) is 0 Å². The van der Waals surface area contributed by atoms with Crippen LogP contribution in [0.1, 0.15) is 47.2 Å². The van der Waals surface area contributed by atoms with E-state index in [0.717, 1.165) is 54.6 Å². The molecule has 0 bridgehead atoms. The lowest BCUT2D eigenvalue weighted by Crippen LogP contribution is -2.27. The maximum absolute atomic E-state index is 12.8. The SMILES string of the molecule is COc1cccc(CC2=C(C(=O)NCc3ccc(C(=O)O)cc3)CCCC2)c1. The zero-order valence-corrected chi connectivity index (χ0v) is 16.0. The first-order valence-corrected chi connectivity index (χ1v) is 9.51. The second-order valence-electron chi connectivity index (χ2n) is 7.00. The summed E-state index contributed by atoms with van der Waals surface area (Å²) in [4.78, 5) is 23.7. The van der Waals surface area contributed by atoms with E-state index in [4.69, 9.17) is 9.84 Å². The molecule has 1 aliphatic rings. The highest BCUT2D eigenvalue weighted by Crippen LogP contribution is 2.28. The fraction of sp³-hybridized carbons (Fsp3) is 0.304. The quantitative estimate of drug-likeness (QED) is 0.759. The van der Waals surface area contributed by atoms with Gasteiger partial charge in [-0.3, -0.25) is 4.79 Å². The lowest BCUT2D eigenvalue weighted by molar-refractivity contribution is -0.118. The van der Waals surface area contributed by atoms with E-state index in [2.05, 4.69) is 11.4 Å². The zero-order chi connectivity index (χ0) is 19.9. The lowest BCUT2D eigenvalue weighted by Gasteiger charge is -2.20. The number of nitrogens with one attached hydrogen (secondary N) is 1. The molecule has 28 heavy (non-hydrogen) atoms. The Morgan fingerprint density at radius 1 is 1.04 bits per heavy atom. The number of ether oxygens (including phenoxy) is 1. The largest absolute Gasteiger partial charge is 0.497 e. The number of hydrogen-bond acceptors (Lipinski definition) is 3. The van der Waals surface area contributed by atoms with Crippen molar-refractivity contribution in [2.75, 3.05) is 7.11 Å². The zero-order valence-electron chi connectivity index (χ0n) is 16.0. The van der Waals surface area contributed by atoms with E-state index >= 15 is 0 Å². The fourth-order valence-corrected chi connectivity index (χ4v) is 3.52. The molecule has 1 aliphatic carbocycles. The van der Waals surface area contributed by atoms with Gasteiger partial charge in [-0.25, -0.2) is 4.79 Å². The van der Waals surface area contributed by atoms with Gasteiger partial charge < -0.3 is 15.2 Å². The molecule has 0 aliphatic heterocycles. The molecule has 0 atom stereocenters. The number of methoxy groups -OCH3 is 1. The van der Waals surface area contributed by atoms with Crippen LogP contribution >= 0.6 is 0 Å². The first kappa shape index (κ1) is 19.7. The third-order valence-corrected chi connectivity index (χ3v) is 5.06. The topological polar surface area (TPSA) is 75.6 Å². The average Bonchev–Trinajstić information content (AvgIpc) is 2.73. The second kappa shape index (κ2) is 9.22. The maximum Gasteiger partial charge on any atom is 0.335 e. The van der Waals surface area contributed by atoms with Crippen LogP contribution in [0.3, 0.4) is 0 Å². The monoisotopic (exact) mass is 379 g/mol. The summed E-state index contributed by atoms with van der Waals surface area (Å²) >= 11 is 0. The third kappa shape index (κ3) is 5.00. The Hall–Kier alpha value is -3.08. The highest BCUT2D eigenvalue weighted by molar-refractivity contribution is 5.94. The van der Waals surface area contributed by atoms with E-state index in [1.165, 1.54) is 5.57 Å². The molecule has 0 fully saturated rings. The Kier molecular flexibility index (Phi) is 6.48. The number of carboxylic acid groups (broad SMARTS) is 1. The number of aromatic carboxylic acids is 1. The van der Waals surface area contributed by atoms with Crippen molar-refractivity contribution in [1.29, 1.82) is 0 Å². The minimum Gasteiger partial charge on any atom is -0.497 e. The van der Waals surface area contributed by atoms with Gasteiger partial charge in [-0.2, -0.15) is 0 Å². The predicted octanol–water partition coefficient (Wildman–Crippen LogP) is 4.12. The van der Waals surface area contributed by atoms with E-state index < -0.39 is 5.97 Å². The number of carbonyl (C=O) groups excluding carboxylic acids is 1. The molecule has 0 saturated heterocycles. The number of carbonyl (C=O) groups is 2. The van der Waals surface area contributed by atoms with Gasteiger partial charge in [0, 0.05) is 12.1 Å². The van der Waals surface area contributed by atoms with Gasteiger partial charge in [-0.15, -0.1) is 0 Å². The van der Waals surface area contributed by atoms with Crippen molar-refractivity contribution >= 4 is 11.9 Å². The van der Waals surface area contributed by atoms with Crippen LogP contribution in [0.4, 0.5) is 0 Å². The minimum absolute atomic E-state index is 0.0279. The van der Waals surface area contributed by atoms with Crippen LogP contribution in [-0.4, -0.2) is 24.1 Å². The predicted molar refractivity (Wildman–Crippen MR) is 107 cm³/mol. The standard InChI is InChI=1S/C23H25NO4/c1-28-20-7-4-5-17(14-20)13-19-6-2-3-8-21(19)22(25)24-15-16-9-11-18(12-10-16)23(26)27/h4-5,7,9-12,14H,2-3,6,8,13,15H2,1H3,(H,24,25)(H,26,27). The summed E-state index contributed by atoms with van der Waals surface area (Å²) in [7, 11) is 1.65. The first-order valence-electron chi connectivity index (χ1n) is 9.51. The van der Waals surface area contributed by atoms with Gasteiger partial charge in [-0.1, -0.05) is 29.8 Å². The number of hydrogen-bond donors (Lipinski definition) is 2. The van der Waals surface area contributed by atoms with Crippen molar-refractivity contribution in [3.8, 4) is 5.75 Å². The molecule has 146 valence electrons.